The molecule has 0 radical (unpaired) electrons. The molecule has 2 rings (SSSR count). The first-order valence-electron chi connectivity index (χ1n) is 6.49. The van der Waals surface area contributed by atoms with Gasteiger partial charge < -0.3 is 10.6 Å². The van der Waals surface area contributed by atoms with Crippen molar-refractivity contribution in [1.82, 2.24) is 15.6 Å². The fourth-order valence-electron chi connectivity index (χ4n) is 1.76. The third-order valence-corrected chi connectivity index (χ3v) is 3.21. The molecule has 18 heavy (non-hydrogen) atoms. The van der Waals surface area contributed by atoms with Crippen LogP contribution in [0.15, 0.2) is 24.4 Å². The molecule has 0 unspecified atom stereocenters. The van der Waals surface area contributed by atoms with Crippen molar-refractivity contribution in [2.24, 2.45) is 0 Å². The van der Waals surface area contributed by atoms with Gasteiger partial charge in [0, 0.05) is 29.9 Å². The van der Waals surface area contributed by atoms with Crippen LogP contribution in [0.25, 0.3) is 0 Å². The molecule has 1 heterocycles. The van der Waals surface area contributed by atoms with E-state index >= 15 is 0 Å². The minimum Gasteiger partial charge on any atom is -0.354 e. The van der Waals surface area contributed by atoms with Crippen molar-refractivity contribution in [2.45, 2.75) is 38.1 Å². The number of rotatable bonds is 6. The predicted molar refractivity (Wildman–Crippen MR) is 71.3 cm³/mol. The molecule has 1 aromatic rings. The molecular weight excluding hydrogens is 226 g/mol. The molecule has 2 N–H and O–H groups in total. The number of carbonyl (C=O) groups is 1. The van der Waals surface area contributed by atoms with Gasteiger partial charge in [0.25, 0.3) is 0 Å². The Morgan fingerprint density at radius 1 is 1.44 bits per heavy atom. The van der Waals surface area contributed by atoms with Crippen molar-refractivity contribution < 1.29 is 4.79 Å². The number of pyridine rings is 1. The van der Waals surface area contributed by atoms with Gasteiger partial charge in [-0.1, -0.05) is 19.9 Å². The lowest BCUT2D eigenvalue weighted by atomic mass is 9.89. The highest BCUT2D eigenvalue weighted by Gasteiger charge is 2.24. The van der Waals surface area contributed by atoms with Crippen LogP contribution in [-0.4, -0.2) is 30.0 Å². The summed E-state index contributed by atoms with van der Waals surface area (Å²) in [5.41, 5.74) is 0.858. The minimum atomic E-state index is -0.142. The van der Waals surface area contributed by atoms with Crippen molar-refractivity contribution >= 4 is 5.91 Å². The van der Waals surface area contributed by atoms with E-state index in [0.29, 0.717) is 19.1 Å². The second-order valence-corrected chi connectivity index (χ2v) is 5.53. The van der Waals surface area contributed by atoms with E-state index in [1.54, 1.807) is 6.20 Å². The highest BCUT2D eigenvalue weighted by atomic mass is 16.1. The second-order valence-electron chi connectivity index (χ2n) is 5.53. The number of nitrogens with one attached hydrogen (secondary N) is 2. The Labute approximate surface area is 108 Å². The van der Waals surface area contributed by atoms with E-state index in [4.69, 9.17) is 0 Å². The summed E-state index contributed by atoms with van der Waals surface area (Å²) < 4.78 is 0. The molecule has 0 aliphatic heterocycles. The first-order valence-corrected chi connectivity index (χ1v) is 6.49. The molecule has 0 saturated heterocycles. The molecule has 4 heteroatoms. The minimum absolute atomic E-state index is 0.0610. The van der Waals surface area contributed by atoms with Crippen molar-refractivity contribution in [3.63, 3.8) is 0 Å². The van der Waals surface area contributed by atoms with E-state index in [0.717, 1.165) is 5.69 Å². The van der Waals surface area contributed by atoms with Crippen molar-refractivity contribution in [1.29, 1.82) is 0 Å². The van der Waals surface area contributed by atoms with Crippen molar-refractivity contribution in [3.8, 4) is 0 Å². The first kappa shape index (κ1) is 13.0. The molecule has 98 valence electrons. The largest absolute Gasteiger partial charge is 0.354 e. The number of aromatic nitrogens is 1. The summed E-state index contributed by atoms with van der Waals surface area (Å²) in [6.07, 6.45) is 4.19. The second kappa shape index (κ2) is 5.48. The SMILES string of the molecule is CC(C)(CNC(=O)CNC1CC1)c1ccccn1. The van der Waals surface area contributed by atoms with E-state index in [9.17, 15) is 4.79 Å². The van der Waals surface area contributed by atoms with Gasteiger partial charge in [0.1, 0.15) is 0 Å². The summed E-state index contributed by atoms with van der Waals surface area (Å²) in [6, 6.07) is 6.44. The Bertz CT molecular complexity index is 399. The highest BCUT2D eigenvalue weighted by molar-refractivity contribution is 5.78. The van der Waals surface area contributed by atoms with Crippen molar-refractivity contribution in [3.05, 3.63) is 30.1 Å². The molecule has 1 aliphatic carbocycles. The maximum atomic E-state index is 11.7. The van der Waals surface area contributed by atoms with Crippen LogP contribution in [0, 0.1) is 0 Å². The Balaban J connectivity index is 1.78. The summed E-state index contributed by atoms with van der Waals surface area (Å²) in [7, 11) is 0. The molecule has 0 aromatic carbocycles. The van der Waals surface area contributed by atoms with Crippen LogP contribution < -0.4 is 10.6 Å². The quantitative estimate of drug-likeness (QED) is 0.795. The fourth-order valence-corrected chi connectivity index (χ4v) is 1.76. The van der Waals surface area contributed by atoms with Crippen LogP contribution in [0.3, 0.4) is 0 Å². The van der Waals surface area contributed by atoms with Crippen molar-refractivity contribution in [2.75, 3.05) is 13.1 Å². The van der Waals surface area contributed by atoms with E-state index in [2.05, 4.69) is 29.5 Å². The van der Waals surface area contributed by atoms with E-state index in [-0.39, 0.29) is 11.3 Å². The van der Waals surface area contributed by atoms with Crippen LogP contribution in [-0.2, 0) is 10.2 Å². The van der Waals surface area contributed by atoms with E-state index < -0.39 is 0 Å². The number of carbonyl (C=O) groups excluding carboxylic acids is 1. The van der Waals surface area contributed by atoms with Gasteiger partial charge >= 0.3 is 0 Å². The van der Waals surface area contributed by atoms with Gasteiger partial charge in [-0.25, -0.2) is 0 Å². The highest BCUT2D eigenvalue weighted by Crippen LogP contribution is 2.19. The number of amides is 1. The molecule has 4 nitrogen and oxygen atoms in total. The zero-order valence-corrected chi connectivity index (χ0v) is 11.1. The maximum absolute atomic E-state index is 11.7. The Morgan fingerprint density at radius 3 is 2.83 bits per heavy atom. The van der Waals surface area contributed by atoms with Crippen LogP contribution in [0.2, 0.25) is 0 Å². The summed E-state index contributed by atoms with van der Waals surface area (Å²) >= 11 is 0. The van der Waals surface area contributed by atoms with Gasteiger partial charge in [-0.3, -0.25) is 9.78 Å². The first-order chi connectivity index (χ1) is 8.58. The van der Waals surface area contributed by atoms with Gasteiger partial charge in [0.2, 0.25) is 5.91 Å². The molecule has 0 bridgehead atoms. The smallest absolute Gasteiger partial charge is 0.233 e. The third-order valence-electron chi connectivity index (χ3n) is 3.21. The lowest BCUT2D eigenvalue weighted by Crippen LogP contribution is -2.41. The Hall–Kier alpha value is -1.42. The Morgan fingerprint density at radius 2 is 2.22 bits per heavy atom. The summed E-state index contributed by atoms with van der Waals surface area (Å²) in [6.45, 7) is 5.20. The lowest BCUT2D eigenvalue weighted by Gasteiger charge is -2.24. The zero-order valence-electron chi connectivity index (χ0n) is 11.1. The normalized spacial score (nSPS) is 15.4. The van der Waals surface area contributed by atoms with Gasteiger partial charge in [0.05, 0.1) is 6.54 Å². The van der Waals surface area contributed by atoms with Gasteiger partial charge in [-0.2, -0.15) is 0 Å². The zero-order chi connectivity index (χ0) is 13.0. The summed E-state index contributed by atoms with van der Waals surface area (Å²) in [5.74, 6) is 0.0610. The van der Waals surface area contributed by atoms with Crippen LogP contribution in [0.4, 0.5) is 0 Å². The van der Waals surface area contributed by atoms with Gasteiger partial charge in [-0.15, -0.1) is 0 Å². The molecule has 0 spiro atoms. The van der Waals surface area contributed by atoms with Crippen LogP contribution in [0.5, 0.6) is 0 Å². The lowest BCUT2D eigenvalue weighted by molar-refractivity contribution is -0.120. The average Bonchev–Trinajstić information content (AvgIpc) is 3.19. The van der Waals surface area contributed by atoms with E-state index in [1.165, 1.54) is 12.8 Å². The standard InChI is InChI=1S/C14H21N3O/c1-14(2,12-5-3-4-8-15-12)10-17-13(18)9-16-11-6-7-11/h3-5,8,11,16H,6-7,9-10H2,1-2H3,(H,17,18). The molecule has 1 fully saturated rings. The maximum Gasteiger partial charge on any atom is 0.233 e. The molecule has 1 aliphatic rings. The predicted octanol–water partition coefficient (Wildman–Crippen LogP) is 1.23. The number of hydrogen-bond donors (Lipinski definition) is 2. The molecule has 0 atom stereocenters. The monoisotopic (exact) mass is 247 g/mol. The molecular formula is C14H21N3O. The molecule has 1 saturated carbocycles. The van der Waals surface area contributed by atoms with Gasteiger partial charge in [-0.05, 0) is 25.0 Å². The topological polar surface area (TPSA) is 54.0 Å². The fraction of sp³-hybridized carbons (Fsp3) is 0.571. The molecule has 1 aromatic heterocycles. The van der Waals surface area contributed by atoms with Gasteiger partial charge in [0.15, 0.2) is 0 Å². The molecule has 1 amide bonds. The number of hydrogen-bond acceptors (Lipinski definition) is 3. The summed E-state index contributed by atoms with van der Waals surface area (Å²) in [5, 5.41) is 6.17. The Kier molecular flexibility index (Phi) is 3.97. The summed E-state index contributed by atoms with van der Waals surface area (Å²) in [4.78, 5) is 16.0. The average molecular weight is 247 g/mol. The van der Waals surface area contributed by atoms with Crippen LogP contribution in [0.1, 0.15) is 32.4 Å². The number of nitrogens with zero attached hydrogens (tertiary/aromatic N) is 1. The third kappa shape index (κ3) is 3.81. The van der Waals surface area contributed by atoms with E-state index in [1.807, 2.05) is 18.2 Å². The van der Waals surface area contributed by atoms with Crippen LogP contribution >= 0.6 is 0 Å².